The maximum atomic E-state index is 12.9. The highest BCUT2D eigenvalue weighted by atomic mass is 16.3. The summed E-state index contributed by atoms with van der Waals surface area (Å²) in [6.07, 6.45) is 3.50. The largest absolute Gasteiger partial charge is 0.464 e. The number of aliphatic imine (C=N–C) groups is 1. The molecule has 0 radical (unpaired) electrons. The van der Waals surface area contributed by atoms with E-state index in [0.29, 0.717) is 17.3 Å². The highest BCUT2D eigenvalue weighted by Crippen LogP contribution is 2.27. The minimum atomic E-state index is -0.516. The number of carbonyl (C=O) groups excluding carboxylic acids is 1. The van der Waals surface area contributed by atoms with Crippen molar-refractivity contribution in [2.24, 2.45) is 4.99 Å². The fourth-order valence-electron chi connectivity index (χ4n) is 3.21. The number of pyridine rings is 1. The second kappa shape index (κ2) is 5.04. The molecule has 5 rings (SSSR count). The number of aromatic nitrogens is 2. The first kappa shape index (κ1) is 14.0. The predicted molar refractivity (Wildman–Crippen MR) is 95.4 cm³/mol. The first-order valence-corrected chi connectivity index (χ1v) is 8.05. The Morgan fingerprint density at radius 3 is 2.92 bits per heavy atom. The van der Waals surface area contributed by atoms with Crippen LogP contribution in [0.3, 0.4) is 0 Å². The van der Waals surface area contributed by atoms with Gasteiger partial charge in [-0.1, -0.05) is 24.3 Å². The Kier molecular flexibility index (Phi) is 2.82. The lowest BCUT2D eigenvalue weighted by atomic mass is 10.1. The predicted octanol–water partition coefficient (Wildman–Crippen LogP) is 3.52. The maximum Gasteiger partial charge on any atom is 0.207 e. The Bertz CT molecular complexity index is 1170. The summed E-state index contributed by atoms with van der Waals surface area (Å²) in [5, 5.41) is 4.19. The standard InChI is InChI=1S/C19H14N4O2/c1-11-17(24)16-19(21-15-8-4-5-9-23(15)16)22-18(20-11)13-10-25-14-7-3-2-6-12(13)14/h2-11H,1H3,(H,20,22)/t11-/m0/s1. The molecule has 3 aromatic heterocycles. The molecule has 0 fully saturated rings. The third-order valence-corrected chi connectivity index (χ3v) is 4.44. The number of nitrogens with zero attached hydrogens (tertiary/aromatic N) is 3. The molecule has 4 heterocycles. The van der Waals surface area contributed by atoms with Gasteiger partial charge in [0.05, 0.1) is 5.56 Å². The van der Waals surface area contributed by atoms with Gasteiger partial charge in [-0.25, -0.2) is 4.98 Å². The van der Waals surface area contributed by atoms with Crippen LogP contribution < -0.4 is 5.32 Å². The molecule has 4 aromatic rings. The summed E-state index contributed by atoms with van der Waals surface area (Å²) in [7, 11) is 0. The smallest absolute Gasteiger partial charge is 0.207 e. The number of imidazole rings is 1. The van der Waals surface area contributed by atoms with Crippen molar-refractivity contribution < 1.29 is 9.21 Å². The van der Waals surface area contributed by atoms with Crippen molar-refractivity contribution in [3.8, 4) is 0 Å². The van der Waals surface area contributed by atoms with Gasteiger partial charge >= 0.3 is 0 Å². The number of Topliss-reactive ketones (excluding diaryl/α,β-unsaturated/α-hetero) is 1. The number of anilines is 1. The topological polar surface area (TPSA) is 71.9 Å². The molecule has 0 aliphatic carbocycles. The summed E-state index contributed by atoms with van der Waals surface area (Å²) in [6, 6.07) is 12.9. The number of ketones is 1. The fourth-order valence-corrected chi connectivity index (χ4v) is 3.21. The Morgan fingerprint density at radius 1 is 1.16 bits per heavy atom. The molecule has 6 heteroatoms. The molecular weight excluding hydrogens is 316 g/mol. The number of fused-ring (bicyclic) bond motifs is 4. The third kappa shape index (κ3) is 2.00. The second-order valence-corrected chi connectivity index (χ2v) is 6.03. The SMILES string of the molecule is C[C@@H]1N=C(c2coc3ccccc23)Nc2nc3ccccn3c2C1=O. The molecule has 1 N–H and O–H groups in total. The second-order valence-electron chi connectivity index (χ2n) is 6.03. The Morgan fingerprint density at radius 2 is 2.00 bits per heavy atom. The molecular formula is C19H14N4O2. The van der Waals surface area contributed by atoms with Crippen LogP contribution >= 0.6 is 0 Å². The average molecular weight is 330 g/mol. The highest BCUT2D eigenvalue weighted by molar-refractivity contribution is 6.19. The van der Waals surface area contributed by atoms with Crippen molar-refractivity contribution in [1.82, 2.24) is 9.38 Å². The van der Waals surface area contributed by atoms with Crippen LogP contribution in [-0.4, -0.2) is 27.0 Å². The Labute approximate surface area is 142 Å². The molecule has 1 aromatic carbocycles. The van der Waals surface area contributed by atoms with Crippen molar-refractivity contribution >= 4 is 34.1 Å². The minimum absolute atomic E-state index is 0.0657. The van der Waals surface area contributed by atoms with E-state index in [4.69, 9.17) is 4.42 Å². The van der Waals surface area contributed by atoms with Gasteiger partial charge < -0.3 is 9.73 Å². The quantitative estimate of drug-likeness (QED) is 0.579. The summed E-state index contributed by atoms with van der Waals surface area (Å²) in [5.74, 6) is 1.04. The van der Waals surface area contributed by atoms with E-state index < -0.39 is 6.04 Å². The molecule has 6 nitrogen and oxygen atoms in total. The van der Waals surface area contributed by atoms with Gasteiger partial charge in [-0.3, -0.25) is 14.2 Å². The molecule has 1 atom stereocenters. The van der Waals surface area contributed by atoms with Crippen LogP contribution in [0.4, 0.5) is 5.82 Å². The van der Waals surface area contributed by atoms with Crippen LogP contribution in [0.1, 0.15) is 23.0 Å². The Balaban J connectivity index is 1.72. The lowest BCUT2D eigenvalue weighted by Crippen LogP contribution is -2.17. The van der Waals surface area contributed by atoms with Gasteiger partial charge in [0.25, 0.3) is 0 Å². The number of benzene rings is 1. The first-order valence-electron chi connectivity index (χ1n) is 8.05. The first-order chi connectivity index (χ1) is 12.2. The Hall–Kier alpha value is -3.41. The minimum Gasteiger partial charge on any atom is -0.464 e. The van der Waals surface area contributed by atoms with E-state index in [2.05, 4.69) is 15.3 Å². The molecule has 1 aliphatic rings. The lowest BCUT2D eigenvalue weighted by Gasteiger charge is -2.05. The molecule has 0 saturated heterocycles. The van der Waals surface area contributed by atoms with Crippen molar-refractivity contribution in [2.75, 3.05) is 5.32 Å². The number of hydrogen-bond donors (Lipinski definition) is 1. The molecule has 0 bridgehead atoms. The monoisotopic (exact) mass is 330 g/mol. The normalized spacial score (nSPS) is 17.2. The molecule has 1 aliphatic heterocycles. The zero-order chi connectivity index (χ0) is 17.0. The van der Waals surface area contributed by atoms with E-state index in [0.717, 1.165) is 22.2 Å². The number of nitrogens with one attached hydrogen (secondary N) is 1. The summed E-state index contributed by atoms with van der Waals surface area (Å²) in [4.78, 5) is 22.0. The average Bonchev–Trinajstić information content (AvgIpc) is 3.18. The van der Waals surface area contributed by atoms with Gasteiger partial charge in [0.15, 0.2) is 5.82 Å². The highest BCUT2D eigenvalue weighted by Gasteiger charge is 2.29. The van der Waals surface area contributed by atoms with Gasteiger partial charge in [0.2, 0.25) is 5.78 Å². The summed E-state index contributed by atoms with van der Waals surface area (Å²) >= 11 is 0. The van der Waals surface area contributed by atoms with Crippen molar-refractivity contribution in [2.45, 2.75) is 13.0 Å². The van der Waals surface area contributed by atoms with Crippen molar-refractivity contribution in [3.05, 3.63) is 66.2 Å². The number of para-hydroxylation sites is 1. The molecule has 122 valence electrons. The van der Waals surface area contributed by atoms with E-state index in [1.807, 2.05) is 48.7 Å². The van der Waals surface area contributed by atoms with Gasteiger partial charge in [0.1, 0.15) is 35.1 Å². The molecule has 0 unspecified atom stereocenters. The molecule has 0 amide bonds. The van der Waals surface area contributed by atoms with Crippen LogP contribution in [0.25, 0.3) is 16.6 Å². The van der Waals surface area contributed by atoms with E-state index >= 15 is 0 Å². The lowest BCUT2D eigenvalue weighted by molar-refractivity contribution is 0.0965. The summed E-state index contributed by atoms with van der Waals surface area (Å²) in [5.41, 5.74) is 2.84. The van der Waals surface area contributed by atoms with Gasteiger partial charge in [-0.15, -0.1) is 0 Å². The maximum absolute atomic E-state index is 12.9. The van der Waals surface area contributed by atoms with Gasteiger partial charge in [0, 0.05) is 11.6 Å². The number of amidine groups is 1. The van der Waals surface area contributed by atoms with Crippen LogP contribution in [-0.2, 0) is 0 Å². The molecule has 25 heavy (non-hydrogen) atoms. The zero-order valence-electron chi connectivity index (χ0n) is 13.4. The van der Waals surface area contributed by atoms with Crippen LogP contribution in [0.5, 0.6) is 0 Å². The molecule has 0 spiro atoms. The summed E-state index contributed by atoms with van der Waals surface area (Å²) in [6.45, 7) is 1.80. The summed E-state index contributed by atoms with van der Waals surface area (Å²) < 4.78 is 7.42. The van der Waals surface area contributed by atoms with Crippen LogP contribution in [0, 0.1) is 0 Å². The molecule has 0 saturated carbocycles. The van der Waals surface area contributed by atoms with Gasteiger partial charge in [-0.05, 0) is 25.1 Å². The van der Waals surface area contributed by atoms with Gasteiger partial charge in [-0.2, -0.15) is 0 Å². The fraction of sp³-hybridized carbons (Fsp3) is 0.105. The zero-order valence-corrected chi connectivity index (χ0v) is 13.4. The van der Waals surface area contributed by atoms with Crippen LogP contribution in [0.15, 0.2) is 64.3 Å². The van der Waals surface area contributed by atoms with Crippen molar-refractivity contribution in [3.63, 3.8) is 0 Å². The van der Waals surface area contributed by atoms with E-state index in [1.54, 1.807) is 17.6 Å². The van der Waals surface area contributed by atoms with Crippen LogP contribution in [0.2, 0.25) is 0 Å². The number of rotatable bonds is 1. The number of furan rings is 1. The third-order valence-electron chi connectivity index (χ3n) is 4.44. The number of hydrogen-bond acceptors (Lipinski definition) is 5. The van der Waals surface area contributed by atoms with E-state index in [-0.39, 0.29) is 5.78 Å². The van der Waals surface area contributed by atoms with Crippen molar-refractivity contribution in [1.29, 1.82) is 0 Å². The number of carbonyl (C=O) groups is 1. The van der Waals surface area contributed by atoms with E-state index in [1.165, 1.54) is 0 Å². The van der Waals surface area contributed by atoms with E-state index in [9.17, 15) is 4.79 Å².